The molecule has 110 valence electrons. The molecule has 8 heteroatoms. The molecule has 7 nitrogen and oxygen atoms in total. The summed E-state index contributed by atoms with van der Waals surface area (Å²) in [5, 5.41) is 9.64. The predicted octanol–water partition coefficient (Wildman–Crippen LogP) is 2.21. The molecule has 2 aliphatic heterocycles. The van der Waals surface area contributed by atoms with E-state index in [1.54, 1.807) is 17.0 Å². The number of aromatic nitrogens is 2. The molecule has 2 unspecified atom stereocenters. The van der Waals surface area contributed by atoms with Crippen LogP contribution in [0.4, 0.5) is 10.8 Å². The molecule has 1 N–H and O–H groups in total. The van der Waals surface area contributed by atoms with E-state index < -0.39 is 6.09 Å². The van der Waals surface area contributed by atoms with Gasteiger partial charge in [-0.1, -0.05) is 11.6 Å². The van der Waals surface area contributed by atoms with Crippen LogP contribution >= 0.6 is 11.6 Å². The molecule has 0 saturated carbocycles. The molecular formula is C13H13ClN4O3. The van der Waals surface area contributed by atoms with Crippen molar-refractivity contribution in [1.29, 1.82) is 0 Å². The number of hydrogen-bond donors (Lipinski definition) is 1. The number of fused-ring (bicyclic) bond motifs is 3. The smallest absolute Gasteiger partial charge is 0.407 e. The van der Waals surface area contributed by atoms with Gasteiger partial charge in [0.1, 0.15) is 5.15 Å². The summed E-state index contributed by atoms with van der Waals surface area (Å²) in [5.41, 5.74) is 1.06. The van der Waals surface area contributed by atoms with Crippen LogP contribution in [0.5, 0.6) is 0 Å². The molecule has 2 aromatic rings. The Morgan fingerprint density at radius 2 is 2.00 bits per heavy atom. The number of hydrogen-bond acceptors (Lipinski definition) is 5. The maximum atomic E-state index is 11.3. The Morgan fingerprint density at radius 3 is 2.67 bits per heavy atom. The minimum absolute atomic E-state index is 0.00723. The van der Waals surface area contributed by atoms with Gasteiger partial charge in [0, 0.05) is 13.1 Å². The molecule has 4 heterocycles. The Hall–Kier alpha value is -2.02. The van der Waals surface area contributed by atoms with E-state index in [2.05, 4.69) is 9.97 Å². The lowest BCUT2D eigenvalue weighted by Gasteiger charge is -2.38. The molecule has 0 radical (unpaired) electrons. The van der Waals surface area contributed by atoms with Gasteiger partial charge in [-0.15, -0.1) is 0 Å². The first-order valence-corrected chi connectivity index (χ1v) is 7.19. The molecule has 1 amide bonds. The molecule has 4 rings (SSSR count). The quantitative estimate of drug-likeness (QED) is 0.813. The first-order chi connectivity index (χ1) is 10.1. The summed E-state index contributed by atoms with van der Waals surface area (Å²) in [7, 11) is 0. The maximum Gasteiger partial charge on any atom is 0.407 e. The number of oxazole rings is 1. The lowest BCUT2D eigenvalue weighted by molar-refractivity contribution is 0.114. The van der Waals surface area contributed by atoms with Gasteiger partial charge in [-0.05, 0) is 25.0 Å². The van der Waals surface area contributed by atoms with Crippen LogP contribution in [0.25, 0.3) is 11.2 Å². The minimum atomic E-state index is -0.840. The zero-order valence-electron chi connectivity index (χ0n) is 11.1. The van der Waals surface area contributed by atoms with Crippen molar-refractivity contribution in [1.82, 2.24) is 14.9 Å². The van der Waals surface area contributed by atoms with Crippen LogP contribution in [0.2, 0.25) is 5.15 Å². The van der Waals surface area contributed by atoms with Gasteiger partial charge in [-0.25, -0.2) is 9.78 Å². The summed E-state index contributed by atoms with van der Waals surface area (Å²) in [4.78, 5) is 23.3. The summed E-state index contributed by atoms with van der Waals surface area (Å²) in [6.45, 7) is 1.20. The van der Waals surface area contributed by atoms with Crippen LogP contribution in [0, 0.1) is 0 Å². The molecule has 2 bridgehead atoms. The van der Waals surface area contributed by atoms with E-state index in [1.807, 2.05) is 4.90 Å². The van der Waals surface area contributed by atoms with Crippen molar-refractivity contribution in [2.45, 2.75) is 24.9 Å². The zero-order chi connectivity index (χ0) is 14.6. The maximum absolute atomic E-state index is 11.3. The molecule has 2 aromatic heterocycles. The van der Waals surface area contributed by atoms with Gasteiger partial charge in [0.15, 0.2) is 5.58 Å². The topological polar surface area (TPSA) is 82.7 Å². The Kier molecular flexibility index (Phi) is 2.72. The third-order valence-corrected chi connectivity index (χ3v) is 4.39. The fourth-order valence-corrected chi connectivity index (χ4v) is 3.43. The normalized spacial score (nSPS) is 24.8. The summed E-state index contributed by atoms with van der Waals surface area (Å²) in [6, 6.07) is 3.90. The second kappa shape index (κ2) is 4.49. The van der Waals surface area contributed by atoms with Gasteiger partial charge in [0.25, 0.3) is 6.01 Å². The second-order valence-corrected chi connectivity index (χ2v) is 5.82. The molecule has 2 atom stereocenters. The summed E-state index contributed by atoms with van der Waals surface area (Å²) in [6.07, 6.45) is 0.934. The van der Waals surface area contributed by atoms with E-state index in [9.17, 15) is 9.90 Å². The molecule has 2 aliphatic rings. The Morgan fingerprint density at radius 1 is 1.29 bits per heavy atom. The highest BCUT2D eigenvalue weighted by Crippen LogP contribution is 2.33. The third kappa shape index (κ3) is 1.99. The highest BCUT2D eigenvalue weighted by Gasteiger charge is 2.43. The van der Waals surface area contributed by atoms with Gasteiger partial charge in [-0.3, -0.25) is 4.90 Å². The SMILES string of the molecule is O=C(O)N1C2CCC1CN(c1nc3nc(Cl)ccc3o1)C2. The third-order valence-electron chi connectivity index (χ3n) is 4.18. The van der Waals surface area contributed by atoms with Crippen molar-refractivity contribution >= 4 is 34.9 Å². The van der Waals surface area contributed by atoms with Crippen LogP contribution in [0.3, 0.4) is 0 Å². The van der Waals surface area contributed by atoms with Crippen LogP contribution in [0.1, 0.15) is 12.8 Å². The first kappa shape index (κ1) is 12.7. The number of pyridine rings is 1. The lowest BCUT2D eigenvalue weighted by atomic mass is 10.2. The average molecular weight is 309 g/mol. The van der Waals surface area contributed by atoms with Gasteiger partial charge < -0.3 is 14.4 Å². The number of anilines is 1. The number of carbonyl (C=O) groups is 1. The van der Waals surface area contributed by atoms with E-state index in [-0.39, 0.29) is 12.1 Å². The number of amides is 1. The fourth-order valence-electron chi connectivity index (χ4n) is 3.29. The van der Waals surface area contributed by atoms with Crippen molar-refractivity contribution in [3.05, 3.63) is 17.3 Å². The van der Waals surface area contributed by atoms with Gasteiger partial charge in [0.05, 0.1) is 12.1 Å². The van der Waals surface area contributed by atoms with Crippen molar-refractivity contribution in [3.8, 4) is 0 Å². The summed E-state index contributed by atoms with van der Waals surface area (Å²) < 4.78 is 5.71. The predicted molar refractivity (Wildman–Crippen MR) is 75.7 cm³/mol. The monoisotopic (exact) mass is 308 g/mol. The van der Waals surface area contributed by atoms with Crippen molar-refractivity contribution in [2.75, 3.05) is 18.0 Å². The van der Waals surface area contributed by atoms with Crippen molar-refractivity contribution < 1.29 is 14.3 Å². The molecule has 21 heavy (non-hydrogen) atoms. The first-order valence-electron chi connectivity index (χ1n) is 6.81. The number of nitrogens with zero attached hydrogens (tertiary/aromatic N) is 4. The lowest BCUT2D eigenvalue weighted by Crippen LogP contribution is -2.55. The summed E-state index contributed by atoms with van der Waals surface area (Å²) >= 11 is 5.85. The van der Waals surface area contributed by atoms with Gasteiger partial charge in [0.2, 0.25) is 5.65 Å². The number of halogens is 1. The second-order valence-electron chi connectivity index (χ2n) is 5.43. The molecule has 2 fully saturated rings. The van der Waals surface area contributed by atoms with E-state index in [4.69, 9.17) is 16.0 Å². The molecule has 0 aliphatic carbocycles. The summed E-state index contributed by atoms with van der Waals surface area (Å²) in [5.74, 6) is 0. The number of rotatable bonds is 1. The Balaban J connectivity index is 1.64. The van der Waals surface area contributed by atoms with Gasteiger partial charge in [-0.2, -0.15) is 4.98 Å². The largest absolute Gasteiger partial charge is 0.465 e. The van der Waals surface area contributed by atoms with Crippen molar-refractivity contribution in [2.24, 2.45) is 0 Å². The standard InChI is InChI=1S/C13H13ClN4O3/c14-10-4-3-9-11(15-10)16-12(21-9)17-5-7-1-2-8(6-17)18(7)13(19)20/h3-4,7-8H,1-2,5-6H2,(H,19,20). The van der Waals surface area contributed by atoms with Crippen LogP contribution in [-0.2, 0) is 0 Å². The molecule has 0 spiro atoms. The average Bonchev–Trinajstić information content (AvgIpc) is 2.97. The van der Waals surface area contributed by atoms with Crippen LogP contribution in [-0.4, -0.2) is 51.2 Å². The highest BCUT2D eigenvalue weighted by molar-refractivity contribution is 6.29. The molecule has 2 saturated heterocycles. The van der Waals surface area contributed by atoms with Crippen molar-refractivity contribution in [3.63, 3.8) is 0 Å². The van der Waals surface area contributed by atoms with Crippen LogP contribution in [0.15, 0.2) is 16.5 Å². The molecule has 0 aromatic carbocycles. The number of carboxylic acid groups (broad SMARTS) is 1. The zero-order valence-corrected chi connectivity index (χ0v) is 11.8. The van der Waals surface area contributed by atoms with Crippen LogP contribution < -0.4 is 4.90 Å². The molecular weight excluding hydrogens is 296 g/mol. The van der Waals surface area contributed by atoms with Gasteiger partial charge >= 0.3 is 6.09 Å². The fraction of sp³-hybridized carbons (Fsp3) is 0.462. The number of piperazine rings is 1. The van der Waals surface area contributed by atoms with E-state index in [0.29, 0.717) is 35.5 Å². The van der Waals surface area contributed by atoms with E-state index in [0.717, 1.165) is 12.8 Å². The van der Waals surface area contributed by atoms with E-state index in [1.165, 1.54) is 0 Å². The Labute approximate surface area is 125 Å². The minimum Gasteiger partial charge on any atom is -0.465 e. The highest BCUT2D eigenvalue weighted by atomic mass is 35.5. The Bertz CT molecular complexity index is 705. The van der Waals surface area contributed by atoms with E-state index >= 15 is 0 Å².